The van der Waals surface area contributed by atoms with Crippen LogP contribution in [-0.4, -0.2) is 5.91 Å². The topological polar surface area (TPSA) is 29.1 Å². The van der Waals surface area contributed by atoms with Gasteiger partial charge in [0.05, 0.1) is 5.56 Å². The summed E-state index contributed by atoms with van der Waals surface area (Å²) in [4.78, 5) is 12.1. The van der Waals surface area contributed by atoms with E-state index in [1.165, 1.54) is 0 Å². The molecule has 0 unspecified atom stereocenters. The fourth-order valence-electron chi connectivity index (χ4n) is 1.44. The number of nitrogens with one attached hydrogen (secondary N) is 1. The van der Waals surface area contributed by atoms with Gasteiger partial charge in [-0.05, 0) is 74.9 Å². The SMILES string of the molecule is O=C(Nc1cccc(Cl)c1)c1cc(I)ccc1Br. The van der Waals surface area contributed by atoms with Gasteiger partial charge >= 0.3 is 0 Å². The molecule has 18 heavy (non-hydrogen) atoms. The van der Waals surface area contributed by atoms with Gasteiger partial charge in [0.2, 0.25) is 0 Å². The highest BCUT2D eigenvalue weighted by Gasteiger charge is 2.10. The number of carbonyl (C=O) groups excluding carboxylic acids is 1. The number of hydrogen-bond acceptors (Lipinski definition) is 1. The van der Waals surface area contributed by atoms with Crippen LogP contribution in [0.4, 0.5) is 5.69 Å². The van der Waals surface area contributed by atoms with Crippen LogP contribution in [0.3, 0.4) is 0 Å². The summed E-state index contributed by atoms with van der Waals surface area (Å²) >= 11 is 11.4. The molecule has 0 atom stereocenters. The number of rotatable bonds is 2. The average molecular weight is 436 g/mol. The normalized spacial score (nSPS) is 10.2. The molecule has 0 saturated heterocycles. The van der Waals surface area contributed by atoms with Crippen molar-refractivity contribution < 1.29 is 4.79 Å². The van der Waals surface area contributed by atoms with Gasteiger partial charge in [-0.25, -0.2) is 0 Å². The number of carbonyl (C=O) groups is 1. The van der Waals surface area contributed by atoms with Crippen molar-refractivity contribution in [2.75, 3.05) is 5.32 Å². The molecule has 0 fully saturated rings. The molecule has 0 aliphatic rings. The number of hydrogen-bond donors (Lipinski definition) is 1. The number of benzene rings is 2. The third-order valence-corrected chi connectivity index (χ3v) is 3.85. The monoisotopic (exact) mass is 435 g/mol. The Kier molecular flexibility index (Phi) is 4.64. The van der Waals surface area contributed by atoms with E-state index < -0.39 is 0 Å². The van der Waals surface area contributed by atoms with Crippen molar-refractivity contribution in [2.24, 2.45) is 0 Å². The minimum absolute atomic E-state index is 0.164. The zero-order valence-electron chi connectivity index (χ0n) is 9.08. The highest BCUT2D eigenvalue weighted by Crippen LogP contribution is 2.21. The molecule has 2 aromatic carbocycles. The van der Waals surface area contributed by atoms with Crippen molar-refractivity contribution >= 4 is 61.7 Å². The molecule has 0 bridgehead atoms. The molecule has 0 aliphatic heterocycles. The summed E-state index contributed by atoms with van der Waals surface area (Å²) in [6.07, 6.45) is 0. The first-order valence-electron chi connectivity index (χ1n) is 5.08. The van der Waals surface area contributed by atoms with Crippen LogP contribution in [0, 0.1) is 3.57 Å². The molecule has 0 aromatic heterocycles. The van der Waals surface area contributed by atoms with E-state index >= 15 is 0 Å². The zero-order chi connectivity index (χ0) is 13.1. The van der Waals surface area contributed by atoms with Gasteiger partial charge < -0.3 is 5.32 Å². The predicted molar refractivity (Wildman–Crippen MR) is 86.3 cm³/mol. The molecular formula is C13H8BrClINO. The first-order chi connectivity index (χ1) is 8.56. The largest absolute Gasteiger partial charge is 0.322 e. The van der Waals surface area contributed by atoms with Crippen molar-refractivity contribution in [3.63, 3.8) is 0 Å². The van der Waals surface area contributed by atoms with Crippen molar-refractivity contribution in [1.82, 2.24) is 0 Å². The summed E-state index contributed by atoms with van der Waals surface area (Å²) in [7, 11) is 0. The van der Waals surface area contributed by atoms with Crippen LogP contribution in [0.5, 0.6) is 0 Å². The predicted octanol–water partition coefficient (Wildman–Crippen LogP) is 4.96. The fraction of sp³-hybridized carbons (Fsp3) is 0. The van der Waals surface area contributed by atoms with Crippen molar-refractivity contribution in [1.29, 1.82) is 0 Å². The van der Waals surface area contributed by atoms with Crippen LogP contribution in [-0.2, 0) is 0 Å². The third-order valence-electron chi connectivity index (χ3n) is 2.26. The second-order valence-electron chi connectivity index (χ2n) is 3.59. The molecule has 92 valence electrons. The second kappa shape index (κ2) is 6.04. The lowest BCUT2D eigenvalue weighted by atomic mass is 10.2. The summed E-state index contributed by atoms with van der Waals surface area (Å²) < 4.78 is 1.77. The maximum absolute atomic E-state index is 12.1. The van der Waals surface area contributed by atoms with E-state index in [1.54, 1.807) is 24.3 Å². The van der Waals surface area contributed by atoms with E-state index in [9.17, 15) is 4.79 Å². The Labute approximate surface area is 132 Å². The first kappa shape index (κ1) is 13.8. The molecule has 1 N–H and O–H groups in total. The zero-order valence-corrected chi connectivity index (χ0v) is 13.6. The van der Waals surface area contributed by atoms with E-state index in [1.807, 2.05) is 18.2 Å². The molecule has 0 spiro atoms. The van der Waals surface area contributed by atoms with Crippen molar-refractivity contribution in [3.05, 3.63) is 61.1 Å². The van der Waals surface area contributed by atoms with Crippen LogP contribution in [0.15, 0.2) is 46.9 Å². The maximum Gasteiger partial charge on any atom is 0.256 e. The van der Waals surface area contributed by atoms with Crippen molar-refractivity contribution in [2.45, 2.75) is 0 Å². The molecule has 2 nitrogen and oxygen atoms in total. The average Bonchev–Trinajstić information content (AvgIpc) is 2.32. The van der Waals surface area contributed by atoms with E-state index in [4.69, 9.17) is 11.6 Å². The summed E-state index contributed by atoms with van der Waals surface area (Å²) in [5.74, 6) is -0.164. The summed E-state index contributed by atoms with van der Waals surface area (Å²) in [6, 6.07) is 12.7. The molecule has 0 saturated carbocycles. The molecule has 5 heteroatoms. The number of halogens is 3. The lowest BCUT2D eigenvalue weighted by Gasteiger charge is -2.07. The van der Waals surface area contributed by atoms with Gasteiger partial charge in [0, 0.05) is 18.8 Å². The summed E-state index contributed by atoms with van der Waals surface area (Å²) in [6.45, 7) is 0. The molecule has 0 aliphatic carbocycles. The maximum atomic E-state index is 12.1. The van der Waals surface area contributed by atoms with Crippen LogP contribution in [0.1, 0.15) is 10.4 Å². The second-order valence-corrected chi connectivity index (χ2v) is 6.13. The Balaban J connectivity index is 2.24. The molecule has 0 radical (unpaired) electrons. The minimum atomic E-state index is -0.164. The highest BCUT2D eigenvalue weighted by molar-refractivity contribution is 14.1. The molecular weight excluding hydrogens is 428 g/mol. The first-order valence-corrected chi connectivity index (χ1v) is 7.33. The highest BCUT2D eigenvalue weighted by atomic mass is 127. The van der Waals surface area contributed by atoms with E-state index in [0.717, 1.165) is 8.04 Å². The Morgan fingerprint density at radius 3 is 2.72 bits per heavy atom. The lowest BCUT2D eigenvalue weighted by molar-refractivity contribution is 0.102. The van der Waals surface area contributed by atoms with Crippen LogP contribution in [0.2, 0.25) is 5.02 Å². The fourth-order valence-corrected chi connectivity index (χ4v) is 2.54. The quantitative estimate of drug-likeness (QED) is 0.663. The van der Waals surface area contributed by atoms with E-state index in [0.29, 0.717) is 16.3 Å². The lowest BCUT2D eigenvalue weighted by Crippen LogP contribution is -2.12. The smallest absolute Gasteiger partial charge is 0.256 e. The third kappa shape index (κ3) is 3.46. The Morgan fingerprint density at radius 2 is 2.00 bits per heavy atom. The van der Waals surface area contributed by atoms with E-state index in [2.05, 4.69) is 43.8 Å². The molecule has 2 aromatic rings. The minimum Gasteiger partial charge on any atom is -0.322 e. The van der Waals surface area contributed by atoms with Gasteiger partial charge in [-0.1, -0.05) is 17.7 Å². The van der Waals surface area contributed by atoms with Gasteiger partial charge in [0.1, 0.15) is 0 Å². The molecule has 2 rings (SSSR count). The van der Waals surface area contributed by atoms with Gasteiger partial charge in [0.15, 0.2) is 0 Å². The Morgan fingerprint density at radius 1 is 1.22 bits per heavy atom. The molecule has 0 heterocycles. The van der Waals surface area contributed by atoms with Crippen LogP contribution < -0.4 is 5.32 Å². The number of anilines is 1. The van der Waals surface area contributed by atoms with Crippen LogP contribution in [0.25, 0.3) is 0 Å². The van der Waals surface area contributed by atoms with Gasteiger partial charge in [-0.2, -0.15) is 0 Å². The summed E-state index contributed by atoms with van der Waals surface area (Å²) in [5, 5.41) is 3.40. The summed E-state index contributed by atoms with van der Waals surface area (Å²) in [5.41, 5.74) is 1.28. The van der Waals surface area contributed by atoms with Gasteiger partial charge in [0.25, 0.3) is 5.91 Å². The molecule has 1 amide bonds. The number of amides is 1. The van der Waals surface area contributed by atoms with Gasteiger partial charge in [-0.15, -0.1) is 0 Å². The standard InChI is InChI=1S/C13H8BrClINO/c14-12-5-4-9(16)7-11(12)13(18)17-10-3-1-2-8(15)6-10/h1-7H,(H,17,18). The van der Waals surface area contributed by atoms with Gasteiger partial charge in [-0.3, -0.25) is 4.79 Å². The van der Waals surface area contributed by atoms with E-state index in [-0.39, 0.29) is 5.91 Å². The Bertz CT molecular complexity index is 603. The van der Waals surface area contributed by atoms with Crippen LogP contribution >= 0.6 is 50.1 Å². The Hall–Kier alpha value is -0.590. The van der Waals surface area contributed by atoms with Crippen molar-refractivity contribution in [3.8, 4) is 0 Å².